The van der Waals surface area contributed by atoms with Gasteiger partial charge in [0.2, 0.25) is 0 Å². The van der Waals surface area contributed by atoms with Crippen molar-refractivity contribution in [2.75, 3.05) is 0 Å². The van der Waals surface area contributed by atoms with Gasteiger partial charge in [-0.1, -0.05) is 11.6 Å². The standard InChI is InChI=1S/C8H7ClN2O3S2/c9-8-2-1-7-6(11-8)3-5(15-7)4-14-16(10,12)13/h1-3H,4H2,(H2,10,12,13). The fraction of sp³-hybridized carbons (Fsp3) is 0.125. The van der Waals surface area contributed by atoms with Gasteiger partial charge < -0.3 is 0 Å². The first kappa shape index (κ1) is 11.7. The van der Waals surface area contributed by atoms with Crippen molar-refractivity contribution in [2.24, 2.45) is 5.14 Å². The van der Waals surface area contributed by atoms with Crippen molar-refractivity contribution in [3.05, 3.63) is 28.2 Å². The molecular formula is C8H7ClN2O3S2. The summed E-state index contributed by atoms with van der Waals surface area (Å²) in [5.74, 6) is 0. The van der Waals surface area contributed by atoms with E-state index in [-0.39, 0.29) is 6.61 Å². The Morgan fingerprint density at radius 1 is 1.50 bits per heavy atom. The highest BCUT2D eigenvalue weighted by Crippen LogP contribution is 2.26. The third-order valence-corrected chi connectivity index (χ3v) is 3.48. The Morgan fingerprint density at radius 3 is 2.94 bits per heavy atom. The van der Waals surface area contributed by atoms with Crippen LogP contribution in [-0.2, 0) is 21.1 Å². The molecule has 0 atom stereocenters. The van der Waals surface area contributed by atoms with Gasteiger partial charge in [-0.25, -0.2) is 10.1 Å². The van der Waals surface area contributed by atoms with Gasteiger partial charge in [-0.3, -0.25) is 4.18 Å². The Morgan fingerprint density at radius 2 is 2.25 bits per heavy atom. The molecule has 0 radical (unpaired) electrons. The minimum absolute atomic E-state index is 0.0858. The van der Waals surface area contributed by atoms with E-state index in [1.54, 1.807) is 12.1 Å². The summed E-state index contributed by atoms with van der Waals surface area (Å²) in [6.45, 7) is -0.0858. The Bertz CT molecular complexity index is 623. The molecule has 8 heteroatoms. The largest absolute Gasteiger partial charge is 0.333 e. The van der Waals surface area contributed by atoms with Crippen LogP contribution in [0, 0.1) is 0 Å². The summed E-state index contributed by atoms with van der Waals surface area (Å²) in [7, 11) is -3.91. The summed E-state index contributed by atoms with van der Waals surface area (Å²) in [6.07, 6.45) is 0. The van der Waals surface area contributed by atoms with E-state index in [0.717, 1.165) is 9.58 Å². The quantitative estimate of drug-likeness (QED) is 0.866. The maximum Gasteiger partial charge on any atom is 0.333 e. The van der Waals surface area contributed by atoms with Gasteiger partial charge in [-0.2, -0.15) is 8.42 Å². The molecule has 0 aromatic carbocycles. The number of nitrogens with two attached hydrogens (primary N) is 1. The van der Waals surface area contributed by atoms with Crippen LogP contribution >= 0.6 is 22.9 Å². The summed E-state index contributed by atoms with van der Waals surface area (Å²) in [4.78, 5) is 4.80. The summed E-state index contributed by atoms with van der Waals surface area (Å²) in [5, 5.41) is 5.11. The zero-order chi connectivity index (χ0) is 11.8. The van der Waals surface area contributed by atoms with Gasteiger partial charge >= 0.3 is 10.3 Å². The molecule has 5 nitrogen and oxygen atoms in total. The van der Waals surface area contributed by atoms with E-state index in [4.69, 9.17) is 16.7 Å². The maximum atomic E-state index is 10.6. The number of fused-ring (bicyclic) bond motifs is 1. The summed E-state index contributed by atoms with van der Waals surface area (Å²) in [5.41, 5.74) is 0.713. The van der Waals surface area contributed by atoms with Crippen LogP contribution in [0.3, 0.4) is 0 Å². The molecule has 0 spiro atoms. The lowest BCUT2D eigenvalue weighted by Crippen LogP contribution is -2.15. The second kappa shape index (κ2) is 4.27. The Balaban J connectivity index is 2.26. The van der Waals surface area contributed by atoms with E-state index in [1.165, 1.54) is 11.3 Å². The molecule has 0 saturated heterocycles. The molecule has 0 unspecified atom stereocenters. The highest BCUT2D eigenvalue weighted by molar-refractivity contribution is 7.84. The third-order valence-electron chi connectivity index (χ3n) is 1.76. The number of halogens is 1. The first-order valence-electron chi connectivity index (χ1n) is 4.16. The third kappa shape index (κ3) is 2.89. The summed E-state index contributed by atoms with van der Waals surface area (Å²) < 4.78 is 26.6. The van der Waals surface area contributed by atoms with E-state index in [1.807, 2.05) is 6.07 Å². The number of hydrogen-bond donors (Lipinski definition) is 1. The highest BCUT2D eigenvalue weighted by Gasteiger charge is 2.07. The number of hydrogen-bond acceptors (Lipinski definition) is 5. The van der Waals surface area contributed by atoms with Gasteiger partial charge in [-0.05, 0) is 18.2 Å². The summed E-state index contributed by atoms with van der Waals surface area (Å²) >= 11 is 7.10. The van der Waals surface area contributed by atoms with Gasteiger partial charge in [0.05, 0.1) is 10.2 Å². The van der Waals surface area contributed by atoms with Crippen molar-refractivity contribution < 1.29 is 12.6 Å². The van der Waals surface area contributed by atoms with E-state index in [2.05, 4.69) is 9.17 Å². The molecule has 0 fully saturated rings. The zero-order valence-corrected chi connectivity index (χ0v) is 10.3. The Kier molecular flexibility index (Phi) is 3.13. The molecule has 16 heavy (non-hydrogen) atoms. The van der Waals surface area contributed by atoms with Crippen LogP contribution in [0.2, 0.25) is 5.15 Å². The van der Waals surface area contributed by atoms with Crippen LogP contribution in [0.1, 0.15) is 4.88 Å². The molecule has 2 heterocycles. The molecule has 2 aromatic rings. The molecule has 2 N–H and O–H groups in total. The van der Waals surface area contributed by atoms with Crippen molar-refractivity contribution >= 4 is 43.5 Å². The molecule has 0 aliphatic carbocycles. The lowest BCUT2D eigenvalue weighted by Gasteiger charge is -1.96. The lowest BCUT2D eigenvalue weighted by molar-refractivity contribution is 0.312. The lowest BCUT2D eigenvalue weighted by atomic mass is 10.4. The first-order chi connectivity index (χ1) is 7.44. The van der Waals surface area contributed by atoms with E-state index in [9.17, 15) is 8.42 Å². The predicted molar refractivity (Wildman–Crippen MR) is 62.5 cm³/mol. The van der Waals surface area contributed by atoms with E-state index < -0.39 is 10.3 Å². The molecule has 0 aliphatic heterocycles. The SMILES string of the molecule is NS(=O)(=O)OCc1cc2nc(Cl)ccc2s1. The van der Waals surface area contributed by atoms with Crippen LogP contribution in [0.15, 0.2) is 18.2 Å². The molecule has 2 aromatic heterocycles. The number of pyridine rings is 1. The van der Waals surface area contributed by atoms with Gasteiger partial charge in [0, 0.05) is 4.88 Å². The van der Waals surface area contributed by atoms with Crippen LogP contribution in [-0.4, -0.2) is 13.4 Å². The average molecular weight is 279 g/mol. The van der Waals surface area contributed by atoms with Crippen molar-refractivity contribution in [1.82, 2.24) is 4.98 Å². The number of aromatic nitrogens is 1. The van der Waals surface area contributed by atoms with Crippen LogP contribution in [0.5, 0.6) is 0 Å². The van der Waals surface area contributed by atoms with E-state index >= 15 is 0 Å². The second-order valence-electron chi connectivity index (χ2n) is 2.99. The second-order valence-corrected chi connectivity index (χ2v) is 5.76. The Hall–Kier alpha value is -0.730. The van der Waals surface area contributed by atoms with Crippen molar-refractivity contribution in [3.8, 4) is 0 Å². The fourth-order valence-electron chi connectivity index (χ4n) is 1.16. The Labute approximate surface area is 101 Å². The minimum Gasteiger partial charge on any atom is -0.253 e. The topological polar surface area (TPSA) is 82.3 Å². The van der Waals surface area contributed by atoms with Crippen LogP contribution < -0.4 is 5.14 Å². The number of rotatable bonds is 3. The van der Waals surface area contributed by atoms with Gasteiger partial charge in [-0.15, -0.1) is 11.3 Å². The average Bonchev–Trinajstić information content (AvgIpc) is 2.55. The molecule has 0 aliphatic rings. The van der Waals surface area contributed by atoms with Gasteiger partial charge in [0.1, 0.15) is 11.8 Å². The fourth-order valence-corrected chi connectivity index (χ4v) is 2.60. The van der Waals surface area contributed by atoms with Crippen LogP contribution in [0.4, 0.5) is 0 Å². The molecule has 0 amide bonds. The molecule has 0 bridgehead atoms. The molecule has 2 rings (SSSR count). The smallest absolute Gasteiger partial charge is 0.253 e. The number of nitrogens with zero attached hydrogens (tertiary/aromatic N) is 1. The molecule has 0 saturated carbocycles. The van der Waals surface area contributed by atoms with Crippen molar-refractivity contribution in [3.63, 3.8) is 0 Å². The normalized spacial score (nSPS) is 12.1. The highest BCUT2D eigenvalue weighted by atomic mass is 35.5. The maximum absolute atomic E-state index is 10.6. The van der Waals surface area contributed by atoms with E-state index in [0.29, 0.717) is 10.7 Å². The zero-order valence-electron chi connectivity index (χ0n) is 7.88. The van der Waals surface area contributed by atoms with Gasteiger partial charge in [0.15, 0.2) is 0 Å². The predicted octanol–water partition coefficient (Wildman–Crippen LogP) is 1.67. The minimum atomic E-state index is -3.91. The van der Waals surface area contributed by atoms with Crippen molar-refractivity contribution in [1.29, 1.82) is 0 Å². The molecular weight excluding hydrogens is 272 g/mol. The molecule has 86 valence electrons. The van der Waals surface area contributed by atoms with Crippen molar-refractivity contribution in [2.45, 2.75) is 6.61 Å². The monoisotopic (exact) mass is 278 g/mol. The summed E-state index contributed by atoms with van der Waals surface area (Å²) in [6, 6.07) is 5.21. The van der Waals surface area contributed by atoms with Crippen LogP contribution in [0.25, 0.3) is 10.2 Å². The first-order valence-corrected chi connectivity index (χ1v) is 6.83. The van der Waals surface area contributed by atoms with Gasteiger partial charge in [0.25, 0.3) is 0 Å². The number of thiophene rings is 1.